The average Bonchev–Trinajstić information content (AvgIpc) is 2.74. The van der Waals surface area contributed by atoms with E-state index in [1.54, 1.807) is 26.1 Å². The van der Waals surface area contributed by atoms with Gasteiger partial charge in [0.15, 0.2) is 5.96 Å². The van der Waals surface area contributed by atoms with Crippen molar-refractivity contribution in [3.8, 4) is 0 Å². The van der Waals surface area contributed by atoms with Crippen LogP contribution < -0.4 is 10.6 Å². The fraction of sp³-hybridized carbons (Fsp3) is 0.636. The Labute approximate surface area is 175 Å². The van der Waals surface area contributed by atoms with Crippen molar-refractivity contribution in [2.75, 3.05) is 60.5 Å². The van der Waals surface area contributed by atoms with Gasteiger partial charge in [-0.25, -0.2) is 4.99 Å². The molecule has 1 aliphatic heterocycles. The standard InChI is InChI=1S/C22H37N5O2/c1-5-23-22(25-17-19-10-12-27(13-11-19)14-15-29-4)24-16-18-6-8-20(9-7-18)21(28)26(2)3/h6-9,19H,5,10-17H2,1-4H3,(H2,23,24,25). The number of likely N-dealkylation sites (tertiary alicyclic amines) is 1. The maximum absolute atomic E-state index is 12.0. The van der Waals surface area contributed by atoms with E-state index in [1.165, 1.54) is 12.8 Å². The van der Waals surface area contributed by atoms with Gasteiger partial charge in [0, 0.05) is 46.4 Å². The van der Waals surface area contributed by atoms with Gasteiger partial charge in [-0.3, -0.25) is 4.79 Å². The summed E-state index contributed by atoms with van der Waals surface area (Å²) in [4.78, 5) is 20.8. The number of rotatable bonds is 9. The van der Waals surface area contributed by atoms with Crippen LogP contribution >= 0.6 is 0 Å². The Morgan fingerprint density at radius 3 is 2.48 bits per heavy atom. The summed E-state index contributed by atoms with van der Waals surface area (Å²) in [5.41, 5.74) is 1.79. The second kappa shape index (κ2) is 12.4. The van der Waals surface area contributed by atoms with E-state index in [0.717, 1.165) is 50.9 Å². The molecule has 29 heavy (non-hydrogen) atoms. The number of carbonyl (C=O) groups excluding carboxylic acids is 1. The highest BCUT2D eigenvalue weighted by Gasteiger charge is 2.19. The number of amides is 1. The molecular weight excluding hydrogens is 366 g/mol. The van der Waals surface area contributed by atoms with E-state index < -0.39 is 0 Å². The lowest BCUT2D eigenvalue weighted by atomic mass is 9.97. The lowest BCUT2D eigenvalue weighted by Gasteiger charge is -2.32. The first kappa shape index (κ1) is 23.2. The maximum Gasteiger partial charge on any atom is 0.253 e. The Hall–Kier alpha value is -2.12. The lowest BCUT2D eigenvalue weighted by Crippen LogP contribution is -2.43. The van der Waals surface area contributed by atoms with Gasteiger partial charge in [0.1, 0.15) is 0 Å². The van der Waals surface area contributed by atoms with Crippen molar-refractivity contribution in [1.82, 2.24) is 20.4 Å². The molecule has 0 radical (unpaired) electrons. The Morgan fingerprint density at radius 2 is 1.90 bits per heavy atom. The number of hydrogen-bond donors (Lipinski definition) is 2. The summed E-state index contributed by atoms with van der Waals surface area (Å²) >= 11 is 0. The van der Waals surface area contributed by atoms with Crippen LogP contribution in [-0.4, -0.2) is 82.2 Å². The fourth-order valence-corrected chi connectivity index (χ4v) is 3.40. The van der Waals surface area contributed by atoms with Crippen molar-refractivity contribution in [3.05, 3.63) is 35.4 Å². The SMILES string of the molecule is CCNC(=NCc1ccc(C(=O)N(C)C)cc1)NCC1CCN(CCOC)CC1. The molecule has 1 heterocycles. The zero-order chi connectivity index (χ0) is 21.1. The Kier molecular flexibility index (Phi) is 9.94. The first-order chi connectivity index (χ1) is 14.0. The van der Waals surface area contributed by atoms with Crippen LogP contribution in [0.3, 0.4) is 0 Å². The molecule has 1 amide bonds. The quantitative estimate of drug-likeness (QED) is 0.486. The molecule has 0 saturated carbocycles. The second-order valence-electron chi connectivity index (χ2n) is 7.75. The topological polar surface area (TPSA) is 69.2 Å². The third kappa shape index (κ3) is 8.03. The van der Waals surface area contributed by atoms with Gasteiger partial charge in [-0.1, -0.05) is 12.1 Å². The summed E-state index contributed by atoms with van der Waals surface area (Å²) in [7, 11) is 5.28. The van der Waals surface area contributed by atoms with Gasteiger partial charge >= 0.3 is 0 Å². The van der Waals surface area contributed by atoms with Crippen LogP contribution in [0.15, 0.2) is 29.3 Å². The maximum atomic E-state index is 12.0. The van der Waals surface area contributed by atoms with E-state index >= 15 is 0 Å². The summed E-state index contributed by atoms with van der Waals surface area (Å²) in [5, 5.41) is 6.82. The molecule has 1 saturated heterocycles. The van der Waals surface area contributed by atoms with E-state index in [4.69, 9.17) is 9.73 Å². The van der Waals surface area contributed by atoms with Crippen molar-refractivity contribution in [2.45, 2.75) is 26.3 Å². The molecule has 1 aliphatic rings. The molecule has 1 aromatic rings. The normalized spacial score (nSPS) is 15.9. The molecule has 7 nitrogen and oxygen atoms in total. The highest BCUT2D eigenvalue weighted by molar-refractivity contribution is 5.93. The average molecular weight is 404 g/mol. The summed E-state index contributed by atoms with van der Waals surface area (Å²) in [5.74, 6) is 1.54. The van der Waals surface area contributed by atoms with Crippen LogP contribution in [0.1, 0.15) is 35.7 Å². The molecule has 0 spiro atoms. The van der Waals surface area contributed by atoms with Crippen LogP contribution in [0.25, 0.3) is 0 Å². The van der Waals surface area contributed by atoms with Crippen molar-refractivity contribution < 1.29 is 9.53 Å². The highest BCUT2D eigenvalue weighted by atomic mass is 16.5. The highest BCUT2D eigenvalue weighted by Crippen LogP contribution is 2.16. The van der Waals surface area contributed by atoms with Crippen molar-refractivity contribution in [2.24, 2.45) is 10.9 Å². The first-order valence-electron chi connectivity index (χ1n) is 10.6. The van der Waals surface area contributed by atoms with Crippen LogP contribution in [0.4, 0.5) is 0 Å². The summed E-state index contributed by atoms with van der Waals surface area (Å²) in [6, 6.07) is 7.68. The van der Waals surface area contributed by atoms with Gasteiger partial charge in [0.25, 0.3) is 5.91 Å². The predicted molar refractivity (Wildman–Crippen MR) is 118 cm³/mol. The van der Waals surface area contributed by atoms with Gasteiger partial charge in [-0.2, -0.15) is 0 Å². The van der Waals surface area contributed by atoms with Gasteiger partial charge in [-0.05, 0) is 56.5 Å². The largest absolute Gasteiger partial charge is 0.383 e. The minimum absolute atomic E-state index is 0.0170. The molecule has 0 aliphatic carbocycles. The smallest absolute Gasteiger partial charge is 0.253 e. The zero-order valence-corrected chi connectivity index (χ0v) is 18.4. The zero-order valence-electron chi connectivity index (χ0n) is 18.4. The third-order valence-electron chi connectivity index (χ3n) is 5.25. The van der Waals surface area contributed by atoms with E-state index in [2.05, 4.69) is 22.5 Å². The number of hydrogen-bond acceptors (Lipinski definition) is 4. The number of methoxy groups -OCH3 is 1. The van der Waals surface area contributed by atoms with Crippen LogP contribution in [0.5, 0.6) is 0 Å². The Bertz CT molecular complexity index is 637. The molecule has 0 unspecified atom stereocenters. The van der Waals surface area contributed by atoms with Crippen LogP contribution in [0, 0.1) is 5.92 Å². The number of nitrogens with zero attached hydrogens (tertiary/aromatic N) is 3. The molecule has 1 aromatic carbocycles. The Morgan fingerprint density at radius 1 is 1.21 bits per heavy atom. The van der Waals surface area contributed by atoms with Crippen molar-refractivity contribution >= 4 is 11.9 Å². The number of piperidine rings is 1. The van der Waals surface area contributed by atoms with E-state index in [1.807, 2.05) is 24.3 Å². The van der Waals surface area contributed by atoms with Crippen LogP contribution in [0.2, 0.25) is 0 Å². The Balaban J connectivity index is 1.81. The number of ether oxygens (including phenoxy) is 1. The predicted octanol–water partition coefficient (Wildman–Crippen LogP) is 1.80. The van der Waals surface area contributed by atoms with E-state index in [-0.39, 0.29) is 5.91 Å². The van der Waals surface area contributed by atoms with E-state index in [9.17, 15) is 4.79 Å². The number of benzene rings is 1. The molecule has 0 aromatic heterocycles. The molecule has 0 bridgehead atoms. The third-order valence-corrected chi connectivity index (χ3v) is 5.25. The van der Waals surface area contributed by atoms with Crippen molar-refractivity contribution in [1.29, 1.82) is 0 Å². The van der Waals surface area contributed by atoms with Crippen molar-refractivity contribution in [3.63, 3.8) is 0 Å². The minimum atomic E-state index is 0.0170. The molecule has 2 rings (SSSR count). The van der Waals surface area contributed by atoms with Gasteiger partial charge in [0.2, 0.25) is 0 Å². The molecule has 162 valence electrons. The number of guanidine groups is 1. The molecule has 1 fully saturated rings. The summed E-state index contributed by atoms with van der Waals surface area (Å²) < 4.78 is 5.17. The number of nitrogens with one attached hydrogen (secondary N) is 2. The van der Waals surface area contributed by atoms with Gasteiger partial charge in [-0.15, -0.1) is 0 Å². The first-order valence-corrected chi connectivity index (χ1v) is 10.6. The number of carbonyl (C=O) groups is 1. The van der Waals surface area contributed by atoms with Crippen LogP contribution in [-0.2, 0) is 11.3 Å². The monoisotopic (exact) mass is 403 g/mol. The summed E-state index contributed by atoms with van der Waals surface area (Å²) in [6.07, 6.45) is 2.41. The molecular formula is C22H37N5O2. The van der Waals surface area contributed by atoms with Gasteiger partial charge in [0.05, 0.1) is 13.2 Å². The molecule has 0 atom stereocenters. The number of aliphatic imine (C=N–C) groups is 1. The van der Waals surface area contributed by atoms with Gasteiger partial charge < -0.3 is 25.2 Å². The second-order valence-corrected chi connectivity index (χ2v) is 7.75. The minimum Gasteiger partial charge on any atom is -0.383 e. The fourth-order valence-electron chi connectivity index (χ4n) is 3.40. The van der Waals surface area contributed by atoms with E-state index in [0.29, 0.717) is 18.0 Å². The summed E-state index contributed by atoms with van der Waals surface area (Å²) in [6.45, 7) is 8.55. The molecule has 2 N–H and O–H groups in total. The lowest BCUT2D eigenvalue weighted by molar-refractivity contribution is 0.0827. The molecule has 7 heteroatoms.